The molecule has 29 heavy (non-hydrogen) atoms. The molecule has 0 aliphatic rings. The Morgan fingerprint density at radius 2 is 1.86 bits per heavy atom. The van der Waals surface area contributed by atoms with E-state index in [4.69, 9.17) is 26.2 Å². The summed E-state index contributed by atoms with van der Waals surface area (Å²) in [5.74, 6) is -0.664. The summed E-state index contributed by atoms with van der Waals surface area (Å²) in [7, 11) is 0. The van der Waals surface area contributed by atoms with Gasteiger partial charge in [0.2, 0.25) is 0 Å². The van der Waals surface area contributed by atoms with Crippen molar-refractivity contribution in [3.63, 3.8) is 0 Å². The number of rotatable bonds is 11. The molecular formula is C22H26ClNO5. The fourth-order valence-corrected chi connectivity index (χ4v) is 2.97. The first-order chi connectivity index (χ1) is 13.9. The fraction of sp³-hybridized carbons (Fsp3) is 0.364. The van der Waals surface area contributed by atoms with Gasteiger partial charge in [-0.1, -0.05) is 35.9 Å². The maximum absolute atomic E-state index is 12.2. The number of carbonyl (C=O) groups excluding carboxylic acids is 1. The number of benzene rings is 2. The fourth-order valence-electron chi connectivity index (χ4n) is 2.76. The SMILES string of the molecule is CCO[C@@H](Cc1ccc(OC(C)C(=O)NCCc2cccc(Cl)c2)cc1)C(=O)O. The van der Waals surface area contributed by atoms with Gasteiger partial charge in [0, 0.05) is 24.6 Å². The Labute approximate surface area is 175 Å². The molecule has 0 spiro atoms. The van der Waals surface area contributed by atoms with Crippen molar-refractivity contribution in [2.24, 2.45) is 0 Å². The summed E-state index contributed by atoms with van der Waals surface area (Å²) in [6, 6.07) is 14.5. The number of nitrogens with one attached hydrogen (secondary N) is 1. The van der Waals surface area contributed by atoms with Crippen molar-refractivity contribution in [3.8, 4) is 5.75 Å². The second-order valence-corrected chi connectivity index (χ2v) is 7.00. The van der Waals surface area contributed by atoms with Gasteiger partial charge in [-0.3, -0.25) is 4.79 Å². The summed E-state index contributed by atoms with van der Waals surface area (Å²) in [5, 5.41) is 12.7. The van der Waals surface area contributed by atoms with Crippen molar-refractivity contribution in [2.75, 3.05) is 13.2 Å². The predicted octanol–water partition coefficient (Wildman–Crippen LogP) is 3.50. The van der Waals surface area contributed by atoms with Gasteiger partial charge in [-0.2, -0.15) is 0 Å². The molecule has 0 radical (unpaired) electrons. The first-order valence-electron chi connectivity index (χ1n) is 9.51. The molecule has 0 aliphatic carbocycles. The van der Waals surface area contributed by atoms with Crippen LogP contribution in [0.1, 0.15) is 25.0 Å². The van der Waals surface area contributed by atoms with Crippen LogP contribution in [-0.2, 0) is 27.2 Å². The summed E-state index contributed by atoms with van der Waals surface area (Å²) in [5.41, 5.74) is 1.87. The van der Waals surface area contributed by atoms with Crippen molar-refractivity contribution >= 4 is 23.5 Å². The third kappa shape index (κ3) is 7.75. The van der Waals surface area contributed by atoms with Crippen LogP contribution < -0.4 is 10.1 Å². The number of halogens is 1. The molecule has 0 fully saturated rings. The minimum Gasteiger partial charge on any atom is -0.481 e. The molecular weight excluding hydrogens is 394 g/mol. The zero-order chi connectivity index (χ0) is 21.2. The number of aliphatic carboxylic acids is 1. The molecule has 0 heterocycles. The number of carboxylic acid groups (broad SMARTS) is 1. The zero-order valence-electron chi connectivity index (χ0n) is 16.6. The molecule has 2 rings (SSSR count). The maximum Gasteiger partial charge on any atom is 0.333 e. The van der Waals surface area contributed by atoms with Crippen LogP contribution in [0.5, 0.6) is 5.75 Å². The second-order valence-electron chi connectivity index (χ2n) is 6.56. The number of amides is 1. The molecule has 2 aromatic carbocycles. The largest absolute Gasteiger partial charge is 0.481 e. The van der Waals surface area contributed by atoms with Gasteiger partial charge in [0.1, 0.15) is 5.75 Å². The zero-order valence-corrected chi connectivity index (χ0v) is 17.3. The summed E-state index contributed by atoms with van der Waals surface area (Å²) >= 11 is 5.95. The second kappa shape index (κ2) is 11.4. The van der Waals surface area contributed by atoms with Gasteiger partial charge in [0.05, 0.1) is 0 Å². The molecule has 0 aromatic heterocycles. The maximum atomic E-state index is 12.2. The van der Waals surface area contributed by atoms with Crippen molar-refractivity contribution in [1.82, 2.24) is 5.32 Å². The Balaban J connectivity index is 1.80. The Morgan fingerprint density at radius 3 is 2.48 bits per heavy atom. The molecule has 2 atom stereocenters. The van der Waals surface area contributed by atoms with Crippen LogP contribution in [0.2, 0.25) is 5.02 Å². The van der Waals surface area contributed by atoms with Crippen molar-refractivity contribution < 1.29 is 24.2 Å². The molecule has 7 heteroatoms. The third-order valence-corrected chi connectivity index (χ3v) is 4.51. The van der Waals surface area contributed by atoms with Crippen molar-refractivity contribution in [3.05, 3.63) is 64.7 Å². The van der Waals surface area contributed by atoms with E-state index in [0.29, 0.717) is 30.3 Å². The smallest absolute Gasteiger partial charge is 0.333 e. The quantitative estimate of drug-likeness (QED) is 0.582. The van der Waals surface area contributed by atoms with Gasteiger partial charge in [-0.05, 0) is 55.7 Å². The monoisotopic (exact) mass is 419 g/mol. The van der Waals surface area contributed by atoms with Gasteiger partial charge in [0.25, 0.3) is 5.91 Å². The molecule has 0 saturated heterocycles. The molecule has 0 saturated carbocycles. The highest BCUT2D eigenvalue weighted by molar-refractivity contribution is 6.30. The molecule has 1 unspecified atom stereocenters. The highest BCUT2D eigenvalue weighted by Gasteiger charge is 2.18. The summed E-state index contributed by atoms with van der Waals surface area (Å²) in [6.45, 7) is 4.26. The molecule has 0 aliphatic heterocycles. The Hall–Kier alpha value is -2.57. The van der Waals surface area contributed by atoms with Crippen LogP contribution >= 0.6 is 11.6 Å². The highest BCUT2D eigenvalue weighted by atomic mass is 35.5. The van der Waals surface area contributed by atoms with Crippen LogP contribution in [0.4, 0.5) is 0 Å². The van der Waals surface area contributed by atoms with E-state index in [0.717, 1.165) is 11.1 Å². The van der Waals surface area contributed by atoms with Gasteiger partial charge < -0.3 is 19.9 Å². The Kier molecular flexibility index (Phi) is 8.96. The van der Waals surface area contributed by atoms with E-state index in [1.165, 1.54) is 0 Å². The lowest BCUT2D eigenvalue weighted by Gasteiger charge is -2.16. The number of ether oxygens (including phenoxy) is 2. The first kappa shape index (κ1) is 22.7. The normalized spacial score (nSPS) is 12.8. The van der Waals surface area contributed by atoms with Gasteiger partial charge in [-0.25, -0.2) is 4.79 Å². The number of carbonyl (C=O) groups is 2. The molecule has 0 bridgehead atoms. The van der Waals surface area contributed by atoms with E-state index < -0.39 is 18.2 Å². The van der Waals surface area contributed by atoms with E-state index in [9.17, 15) is 9.59 Å². The van der Waals surface area contributed by atoms with Crippen LogP contribution in [0.15, 0.2) is 48.5 Å². The minimum absolute atomic E-state index is 0.210. The first-order valence-corrected chi connectivity index (χ1v) is 9.89. The highest BCUT2D eigenvalue weighted by Crippen LogP contribution is 2.16. The van der Waals surface area contributed by atoms with E-state index in [1.807, 2.05) is 24.3 Å². The lowest BCUT2D eigenvalue weighted by molar-refractivity contribution is -0.150. The van der Waals surface area contributed by atoms with E-state index in [2.05, 4.69) is 5.32 Å². The number of hydrogen-bond acceptors (Lipinski definition) is 4. The van der Waals surface area contributed by atoms with Gasteiger partial charge in [-0.15, -0.1) is 0 Å². The average molecular weight is 420 g/mol. The summed E-state index contributed by atoms with van der Waals surface area (Å²) < 4.78 is 10.9. The molecule has 6 nitrogen and oxygen atoms in total. The molecule has 2 N–H and O–H groups in total. The van der Waals surface area contributed by atoms with Crippen LogP contribution in [0, 0.1) is 0 Å². The van der Waals surface area contributed by atoms with E-state index in [1.54, 1.807) is 38.1 Å². The lowest BCUT2D eigenvalue weighted by atomic mass is 10.1. The average Bonchev–Trinajstić information content (AvgIpc) is 2.69. The van der Waals surface area contributed by atoms with Crippen LogP contribution in [0.25, 0.3) is 0 Å². The molecule has 156 valence electrons. The standard InChI is InChI=1S/C22H26ClNO5/c1-3-28-20(22(26)27)14-17-7-9-19(10-8-17)29-15(2)21(25)24-12-11-16-5-4-6-18(23)13-16/h4-10,13,15,20H,3,11-12,14H2,1-2H3,(H,24,25)(H,26,27)/t15?,20-/m0/s1. The van der Waals surface area contributed by atoms with Crippen LogP contribution in [0.3, 0.4) is 0 Å². The number of hydrogen-bond donors (Lipinski definition) is 2. The van der Waals surface area contributed by atoms with Gasteiger partial charge in [0.15, 0.2) is 12.2 Å². The summed E-state index contributed by atoms with van der Waals surface area (Å²) in [6.07, 6.45) is -0.590. The van der Waals surface area contributed by atoms with Gasteiger partial charge >= 0.3 is 5.97 Å². The van der Waals surface area contributed by atoms with E-state index >= 15 is 0 Å². The van der Waals surface area contributed by atoms with Crippen molar-refractivity contribution in [1.29, 1.82) is 0 Å². The molecule has 1 amide bonds. The Morgan fingerprint density at radius 1 is 1.14 bits per heavy atom. The lowest BCUT2D eigenvalue weighted by Crippen LogP contribution is -2.37. The van der Waals surface area contributed by atoms with E-state index in [-0.39, 0.29) is 12.3 Å². The Bertz CT molecular complexity index is 809. The topological polar surface area (TPSA) is 84.9 Å². The molecule has 2 aromatic rings. The van der Waals surface area contributed by atoms with Crippen molar-refractivity contribution in [2.45, 2.75) is 38.9 Å². The third-order valence-electron chi connectivity index (χ3n) is 4.27. The summed E-state index contributed by atoms with van der Waals surface area (Å²) in [4.78, 5) is 23.4. The number of carboxylic acids is 1. The predicted molar refractivity (Wildman–Crippen MR) is 111 cm³/mol. The van der Waals surface area contributed by atoms with Crippen LogP contribution in [-0.4, -0.2) is 42.3 Å². The minimum atomic E-state index is -0.991.